The van der Waals surface area contributed by atoms with Gasteiger partial charge in [0.15, 0.2) is 0 Å². The Kier molecular flexibility index (Phi) is 5.01. The number of fused-ring (bicyclic) bond motifs is 1. The minimum atomic E-state index is -0.229. The standard InChI is InChI=1S/C20H17ClN2O3S/c21-14-3-1-2-13(10-14)20(25)23-9-8-19-17(11-22-27-19)18(23)12-26-16-6-4-15(24)5-7-16/h1-7,10-11,18,24H,8-9,12H2. The zero-order chi connectivity index (χ0) is 18.8. The van der Waals surface area contributed by atoms with Gasteiger partial charge in [-0.15, -0.1) is 0 Å². The first-order chi connectivity index (χ1) is 13.1. The molecule has 1 N–H and O–H groups in total. The molecular weight excluding hydrogens is 384 g/mol. The molecule has 0 radical (unpaired) electrons. The van der Waals surface area contributed by atoms with E-state index < -0.39 is 0 Å². The highest BCUT2D eigenvalue weighted by Gasteiger charge is 2.33. The lowest BCUT2D eigenvalue weighted by molar-refractivity contribution is 0.0592. The number of benzene rings is 2. The average molecular weight is 401 g/mol. The molecule has 2 heterocycles. The second kappa shape index (κ2) is 7.58. The Morgan fingerprint density at radius 1 is 1.30 bits per heavy atom. The molecule has 7 heteroatoms. The van der Waals surface area contributed by atoms with E-state index in [1.54, 1.807) is 48.5 Å². The van der Waals surface area contributed by atoms with Crippen LogP contribution in [0.3, 0.4) is 0 Å². The van der Waals surface area contributed by atoms with Gasteiger partial charge in [0, 0.05) is 40.2 Å². The van der Waals surface area contributed by atoms with Gasteiger partial charge in [0.2, 0.25) is 0 Å². The number of aromatic hydroxyl groups is 1. The molecule has 5 nitrogen and oxygen atoms in total. The molecule has 0 saturated carbocycles. The molecule has 4 rings (SSSR count). The highest BCUT2D eigenvalue weighted by molar-refractivity contribution is 7.05. The highest BCUT2D eigenvalue weighted by Crippen LogP contribution is 2.34. The van der Waals surface area contributed by atoms with E-state index in [2.05, 4.69) is 4.37 Å². The lowest BCUT2D eigenvalue weighted by Crippen LogP contribution is -2.42. The monoisotopic (exact) mass is 400 g/mol. The summed E-state index contributed by atoms with van der Waals surface area (Å²) in [6.07, 6.45) is 2.60. The van der Waals surface area contributed by atoms with Crippen LogP contribution in [-0.2, 0) is 6.42 Å². The summed E-state index contributed by atoms with van der Waals surface area (Å²) >= 11 is 7.52. The number of carbonyl (C=O) groups excluding carboxylic acids is 1. The second-order valence-electron chi connectivity index (χ2n) is 6.28. The Labute approximate surface area is 165 Å². The number of hydrogen-bond donors (Lipinski definition) is 1. The van der Waals surface area contributed by atoms with E-state index in [1.807, 2.05) is 11.1 Å². The number of ether oxygens (including phenoxy) is 1. The number of phenols is 1. The van der Waals surface area contributed by atoms with E-state index >= 15 is 0 Å². The Morgan fingerprint density at radius 2 is 2.11 bits per heavy atom. The maximum atomic E-state index is 13.1. The van der Waals surface area contributed by atoms with Crippen molar-refractivity contribution in [3.8, 4) is 11.5 Å². The van der Waals surface area contributed by atoms with Crippen LogP contribution in [0.2, 0.25) is 5.02 Å². The Hall–Kier alpha value is -2.57. The minimum Gasteiger partial charge on any atom is -0.508 e. The Bertz CT molecular complexity index is 958. The summed E-state index contributed by atoms with van der Waals surface area (Å²) in [5, 5.41) is 9.95. The summed E-state index contributed by atoms with van der Waals surface area (Å²) < 4.78 is 10.2. The number of hydrogen-bond acceptors (Lipinski definition) is 5. The fraction of sp³-hybridized carbons (Fsp3) is 0.200. The van der Waals surface area contributed by atoms with Crippen molar-refractivity contribution in [2.24, 2.45) is 0 Å². The molecule has 1 aromatic heterocycles. The van der Waals surface area contributed by atoms with Gasteiger partial charge in [-0.1, -0.05) is 17.7 Å². The fourth-order valence-electron chi connectivity index (χ4n) is 3.21. The summed E-state index contributed by atoms with van der Waals surface area (Å²) in [7, 11) is 0. The number of aromatic nitrogens is 1. The third kappa shape index (κ3) is 3.77. The van der Waals surface area contributed by atoms with Crippen molar-refractivity contribution in [3.63, 3.8) is 0 Å². The van der Waals surface area contributed by atoms with Crippen molar-refractivity contribution in [1.29, 1.82) is 0 Å². The molecule has 2 aromatic carbocycles. The average Bonchev–Trinajstić information content (AvgIpc) is 3.16. The third-order valence-corrected chi connectivity index (χ3v) is 5.67. The maximum absolute atomic E-state index is 13.1. The van der Waals surface area contributed by atoms with Crippen LogP contribution in [0, 0.1) is 0 Å². The third-order valence-electron chi connectivity index (χ3n) is 4.57. The van der Waals surface area contributed by atoms with Crippen molar-refractivity contribution >= 4 is 29.0 Å². The number of amides is 1. The molecule has 27 heavy (non-hydrogen) atoms. The van der Waals surface area contributed by atoms with E-state index in [1.165, 1.54) is 16.4 Å². The molecule has 1 aliphatic heterocycles. The molecule has 1 aliphatic rings. The highest BCUT2D eigenvalue weighted by atomic mass is 35.5. The molecule has 1 atom stereocenters. The molecule has 1 amide bonds. The van der Waals surface area contributed by atoms with Gasteiger partial charge in [0.1, 0.15) is 18.1 Å². The van der Waals surface area contributed by atoms with Crippen molar-refractivity contribution < 1.29 is 14.6 Å². The van der Waals surface area contributed by atoms with Crippen LogP contribution >= 0.6 is 23.1 Å². The van der Waals surface area contributed by atoms with Crippen LogP contribution < -0.4 is 4.74 Å². The molecule has 0 aliphatic carbocycles. The zero-order valence-corrected chi connectivity index (χ0v) is 15.9. The molecular formula is C20H17ClN2O3S. The molecule has 0 saturated heterocycles. The van der Waals surface area contributed by atoms with E-state index in [4.69, 9.17) is 16.3 Å². The summed E-state index contributed by atoms with van der Waals surface area (Å²) in [4.78, 5) is 16.1. The number of nitrogens with zero attached hydrogens (tertiary/aromatic N) is 2. The fourth-order valence-corrected chi connectivity index (χ4v) is 4.17. The number of carbonyl (C=O) groups is 1. The first-order valence-corrected chi connectivity index (χ1v) is 9.69. The predicted octanol–water partition coefficient (Wildman–Crippen LogP) is 4.32. The topological polar surface area (TPSA) is 62.7 Å². The van der Waals surface area contributed by atoms with Crippen LogP contribution in [0.25, 0.3) is 0 Å². The number of rotatable bonds is 4. The van der Waals surface area contributed by atoms with Crippen molar-refractivity contribution in [2.45, 2.75) is 12.5 Å². The van der Waals surface area contributed by atoms with Crippen LogP contribution in [-0.4, -0.2) is 33.4 Å². The zero-order valence-electron chi connectivity index (χ0n) is 14.3. The van der Waals surface area contributed by atoms with Gasteiger partial charge in [-0.2, -0.15) is 0 Å². The van der Waals surface area contributed by atoms with Gasteiger partial charge < -0.3 is 14.7 Å². The molecule has 3 aromatic rings. The van der Waals surface area contributed by atoms with Gasteiger partial charge in [-0.3, -0.25) is 4.79 Å². The van der Waals surface area contributed by atoms with Crippen LogP contribution in [0.1, 0.15) is 26.8 Å². The van der Waals surface area contributed by atoms with Crippen LogP contribution in [0.4, 0.5) is 0 Å². The molecule has 138 valence electrons. The smallest absolute Gasteiger partial charge is 0.254 e. The van der Waals surface area contributed by atoms with Crippen molar-refractivity contribution in [1.82, 2.24) is 9.27 Å². The SMILES string of the molecule is O=C(c1cccc(Cl)c1)N1CCc2sncc2C1COc1ccc(O)cc1. The molecule has 0 spiro atoms. The lowest BCUT2D eigenvalue weighted by atomic mass is 10.00. The lowest BCUT2D eigenvalue weighted by Gasteiger charge is -2.35. The minimum absolute atomic E-state index is 0.0753. The predicted molar refractivity (Wildman–Crippen MR) is 105 cm³/mol. The van der Waals surface area contributed by atoms with Gasteiger partial charge in [0.25, 0.3) is 5.91 Å². The number of phenolic OH excluding ortho intramolecular Hbond substituents is 1. The van der Waals surface area contributed by atoms with E-state index in [-0.39, 0.29) is 17.7 Å². The van der Waals surface area contributed by atoms with Gasteiger partial charge in [0.05, 0.1) is 6.04 Å². The molecule has 0 fully saturated rings. The van der Waals surface area contributed by atoms with Gasteiger partial charge >= 0.3 is 0 Å². The van der Waals surface area contributed by atoms with Gasteiger partial charge in [-0.25, -0.2) is 4.37 Å². The van der Waals surface area contributed by atoms with Gasteiger partial charge in [-0.05, 0) is 54.0 Å². The van der Waals surface area contributed by atoms with E-state index in [0.29, 0.717) is 29.5 Å². The summed E-state index contributed by atoms with van der Waals surface area (Å²) in [6.45, 7) is 0.909. The quantitative estimate of drug-likeness (QED) is 0.708. The normalized spacial score (nSPS) is 16.0. The first-order valence-electron chi connectivity index (χ1n) is 8.53. The summed E-state index contributed by atoms with van der Waals surface area (Å²) in [6, 6.07) is 13.3. The second-order valence-corrected chi connectivity index (χ2v) is 7.61. The Balaban J connectivity index is 1.59. The maximum Gasteiger partial charge on any atom is 0.254 e. The van der Waals surface area contributed by atoms with E-state index in [0.717, 1.165) is 12.0 Å². The van der Waals surface area contributed by atoms with Crippen LogP contribution in [0.15, 0.2) is 54.7 Å². The van der Waals surface area contributed by atoms with Crippen molar-refractivity contribution in [2.75, 3.05) is 13.2 Å². The molecule has 0 bridgehead atoms. The first kappa shape index (κ1) is 17.8. The molecule has 1 unspecified atom stereocenters. The van der Waals surface area contributed by atoms with E-state index in [9.17, 15) is 9.90 Å². The Morgan fingerprint density at radius 3 is 2.89 bits per heavy atom. The van der Waals surface area contributed by atoms with Crippen LogP contribution in [0.5, 0.6) is 11.5 Å². The number of halogens is 1. The largest absolute Gasteiger partial charge is 0.508 e. The summed E-state index contributed by atoms with van der Waals surface area (Å²) in [5.41, 5.74) is 1.59. The van der Waals surface area contributed by atoms with Crippen molar-refractivity contribution in [3.05, 3.63) is 75.8 Å². The summed E-state index contributed by atoms with van der Waals surface area (Å²) in [5.74, 6) is 0.744.